The maximum Gasteiger partial charge on any atom is 0.335 e. The van der Waals surface area contributed by atoms with Gasteiger partial charge in [0.15, 0.2) is 0 Å². The summed E-state index contributed by atoms with van der Waals surface area (Å²) >= 11 is 0. The third-order valence-electron chi connectivity index (χ3n) is 2.45. The van der Waals surface area contributed by atoms with Gasteiger partial charge in [-0.2, -0.15) is 0 Å². The number of carbonyl (C=O) groups is 1. The lowest BCUT2D eigenvalue weighted by Gasteiger charge is -2.20. The highest BCUT2D eigenvalue weighted by molar-refractivity contribution is 7.89. The number of aliphatic hydroxyl groups is 2. The molecule has 0 saturated heterocycles. The van der Waals surface area contributed by atoms with E-state index in [0.717, 1.165) is 12.1 Å². The highest BCUT2D eigenvalue weighted by Crippen LogP contribution is 2.17. The molecule has 4 N–H and O–H groups in total. The predicted octanol–water partition coefficient (Wildman–Crippen LogP) is -0.454. The number of aromatic carboxylic acids is 1. The number of hydrogen-bond acceptors (Lipinski definition) is 5. The van der Waals surface area contributed by atoms with Crippen LogP contribution in [0.3, 0.4) is 0 Å². The summed E-state index contributed by atoms with van der Waals surface area (Å²) in [5, 5.41) is 27.0. The largest absolute Gasteiger partial charge is 0.478 e. The van der Waals surface area contributed by atoms with Crippen LogP contribution < -0.4 is 4.72 Å². The van der Waals surface area contributed by atoms with Crippen molar-refractivity contribution in [2.75, 3.05) is 13.2 Å². The van der Waals surface area contributed by atoms with E-state index in [0.29, 0.717) is 6.07 Å². The van der Waals surface area contributed by atoms with Gasteiger partial charge in [0.05, 0.1) is 17.8 Å². The molecule has 0 aliphatic rings. The first-order valence-corrected chi connectivity index (χ1v) is 6.93. The molecule has 1 unspecified atom stereocenters. The van der Waals surface area contributed by atoms with E-state index in [1.54, 1.807) is 0 Å². The molecule has 0 spiro atoms. The summed E-state index contributed by atoms with van der Waals surface area (Å²) in [6.07, 6.45) is 0. The zero-order valence-corrected chi connectivity index (χ0v) is 11.3. The molecule has 0 amide bonds. The van der Waals surface area contributed by atoms with Crippen LogP contribution in [-0.4, -0.2) is 48.5 Å². The Labute approximate surface area is 114 Å². The summed E-state index contributed by atoms with van der Waals surface area (Å²) in [6.45, 7) is -0.0741. The molecule has 0 saturated carbocycles. The second kappa shape index (κ2) is 5.83. The van der Waals surface area contributed by atoms with Crippen molar-refractivity contribution in [3.63, 3.8) is 0 Å². The molecule has 0 fully saturated rings. The third kappa shape index (κ3) is 3.97. The van der Waals surface area contributed by atoms with Crippen molar-refractivity contribution >= 4 is 16.0 Å². The minimum Gasteiger partial charge on any atom is -0.478 e. The standard InChI is InChI=1S/C11H14FNO6S/c1-11(17,6-14)5-13-20(18,19)9-4-7(10(15)16)2-3-8(9)12/h2-4,13-14,17H,5-6H2,1H3,(H,15,16). The van der Waals surface area contributed by atoms with Crippen molar-refractivity contribution in [1.82, 2.24) is 4.72 Å². The van der Waals surface area contributed by atoms with Crippen LogP contribution in [0.1, 0.15) is 17.3 Å². The number of carboxylic acid groups (broad SMARTS) is 1. The fourth-order valence-electron chi connectivity index (χ4n) is 1.23. The summed E-state index contributed by atoms with van der Waals surface area (Å²) in [4.78, 5) is 9.90. The molecule has 20 heavy (non-hydrogen) atoms. The second-order valence-corrected chi connectivity index (χ2v) is 6.17. The van der Waals surface area contributed by atoms with E-state index in [9.17, 15) is 22.7 Å². The van der Waals surface area contributed by atoms with Gasteiger partial charge < -0.3 is 15.3 Å². The van der Waals surface area contributed by atoms with Gasteiger partial charge in [0.25, 0.3) is 0 Å². The Morgan fingerprint density at radius 3 is 2.55 bits per heavy atom. The Balaban J connectivity index is 3.09. The Kier molecular flexibility index (Phi) is 4.81. The number of benzene rings is 1. The molecule has 1 atom stereocenters. The van der Waals surface area contributed by atoms with Gasteiger partial charge >= 0.3 is 5.97 Å². The lowest BCUT2D eigenvalue weighted by atomic mass is 10.1. The highest BCUT2D eigenvalue weighted by atomic mass is 32.2. The molecular weight excluding hydrogens is 293 g/mol. The Morgan fingerprint density at radius 2 is 2.05 bits per heavy atom. The first-order valence-electron chi connectivity index (χ1n) is 5.45. The molecule has 9 heteroatoms. The summed E-state index contributed by atoms with van der Waals surface area (Å²) in [5.41, 5.74) is -2.10. The number of hydrogen-bond donors (Lipinski definition) is 4. The zero-order valence-electron chi connectivity index (χ0n) is 10.5. The maximum atomic E-state index is 13.5. The van der Waals surface area contributed by atoms with Crippen LogP contribution in [-0.2, 0) is 10.0 Å². The number of halogens is 1. The first-order chi connectivity index (χ1) is 9.09. The van der Waals surface area contributed by atoms with Crippen LogP contribution in [0.25, 0.3) is 0 Å². The van der Waals surface area contributed by atoms with Gasteiger partial charge in [-0.15, -0.1) is 0 Å². The van der Waals surface area contributed by atoms with E-state index in [4.69, 9.17) is 10.2 Å². The zero-order chi connectivity index (χ0) is 15.6. The fraction of sp³-hybridized carbons (Fsp3) is 0.364. The fourth-order valence-corrected chi connectivity index (χ4v) is 2.49. The van der Waals surface area contributed by atoms with Crippen molar-refractivity contribution in [3.05, 3.63) is 29.6 Å². The molecule has 0 aromatic heterocycles. The van der Waals surface area contributed by atoms with Gasteiger partial charge in [-0.1, -0.05) is 0 Å². The molecule has 0 bridgehead atoms. The Morgan fingerprint density at radius 1 is 1.45 bits per heavy atom. The van der Waals surface area contributed by atoms with Crippen LogP contribution >= 0.6 is 0 Å². The van der Waals surface area contributed by atoms with Gasteiger partial charge in [-0.05, 0) is 25.1 Å². The van der Waals surface area contributed by atoms with E-state index in [2.05, 4.69) is 0 Å². The summed E-state index contributed by atoms with van der Waals surface area (Å²) < 4.78 is 39.1. The van der Waals surface area contributed by atoms with E-state index in [1.807, 2.05) is 4.72 Å². The molecule has 1 aromatic rings. The van der Waals surface area contributed by atoms with Gasteiger partial charge in [0.1, 0.15) is 10.7 Å². The Hall–Kier alpha value is -1.55. The molecule has 1 aromatic carbocycles. The van der Waals surface area contributed by atoms with Crippen LogP contribution in [0.4, 0.5) is 4.39 Å². The minimum atomic E-state index is -4.35. The normalized spacial score (nSPS) is 14.8. The molecule has 0 radical (unpaired) electrons. The van der Waals surface area contributed by atoms with Crippen LogP contribution in [0.15, 0.2) is 23.1 Å². The van der Waals surface area contributed by atoms with Gasteiger partial charge in [0.2, 0.25) is 10.0 Å². The summed E-state index contributed by atoms with van der Waals surface area (Å²) in [7, 11) is -4.35. The number of aliphatic hydroxyl groups excluding tert-OH is 1. The number of nitrogens with one attached hydrogen (secondary N) is 1. The quantitative estimate of drug-likeness (QED) is 0.564. The van der Waals surface area contributed by atoms with E-state index in [-0.39, 0.29) is 5.56 Å². The van der Waals surface area contributed by atoms with Crippen molar-refractivity contribution in [2.24, 2.45) is 0 Å². The minimum absolute atomic E-state index is 0.388. The average Bonchev–Trinajstić information content (AvgIpc) is 2.37. The molecule has 0 aliphatic heterocycles. The molecule has 1 rings (SSSR count). The second-order valence-electron chi connectivity index (χ2n) is 4.43. The average molecular weight is 307 g/mol. The van der Waals surface area contributed by atoms with Crippen LogP contribution in [0.5, 0.6) is 0 Å². The molecular formula is C11H14FNO6S. The smallest absolute Gasteiger partial charge is 0.335 e. The van der Waals surface area contributed by atoms with Crippen molar-refractivity contribution < 1.29 is 32.9 Å². The lowest BCUT2D eigenvalue weighted by molar-refractivity contribution is 0.00680. The maximum absolute atomic E-state index is 13.5. The SMILES string of the molecule is CC(O)(CO)CNS(=O)(=O)c1cc(C(=O)O)ccc1F. The predicted molar refractivity (Wildman–Crippen MR) is 66.3 cm³/mol. The number of sulfonamides is 1. The van der Waals surface area contributed by atoms with E-state index < -0.39 is 45.5 Å². The topological polar surface area (TPSA) is 124 Å². The summed E-state index contributed by atoms with van der Waals surface area (Å²) in [5.74, 6) is -2.52. The third-order valence-corrected chi connectivity index (χ3v) is 3.87. The van der Waals surface area contributed by atoms with Crippen molar-refractivity contribution in [2.45, 2.75) is 17.4 Å². The van der Waals surface area contributed by atoms with Crippen molar-refractivity contribution in [1.29, 1.82) is 0 Å². The van der Waals surface area contributed by atoms with Gasteiger partial charge in [0, 0.05) is 6.54 Å². The van der Waals surface area contributed by atoms with Gasteiger partial charge in [-0.25, -0.2) is 22.3 Å². The molecule has 112 valence electrons. The van der Waals surface area contributed by atoms with Crippen molar-refractivity contribution in [3.8, 4) is 0 Å². The molecule has 7 nitrogen and oxygen atoms in total. The van der Waals surface area contributed by atoms with Crippen LogP contribution in [0.2, 0.25) is 0 Å². The molecule has 0 aliphatic carbocycles. The van der Waals surface area contributed by atoms with Crippen LogP contribution in [0, 0.1) is 5.82 Å². The number of carboxylic acids is 1. The summed E-state index contributed by atoms with van der Waals surface area (Å²) in [6, 6.07) is 2.33. The molecule has 0 heterocycles. The van der Waals surface area contributed by atoms with Gasteiger partial charge in [-0.3, -0.25) is 0 Å². The number of rotatable bonds is 6. The van der Waals surface area contributed by atoms with E-state index >= 15 is 0 Å². The van der Waals surface area contributed by atoms with E-state index in [1.165, 1.54) is 6.92 Å². The first kappa shape index (κ1) is 16.5. The monoisotopic (exact) mass is 307 g/mol. The highest BCUT2D eigenvalue weighted by Gasteiger charge is 2.26. The Bertz CT molecular complexity index is 613. The lowest BCUT2D eigenvalue weighted by Crippen LogP contribution is -2.43.